The third-order valence-electron chi connectivity index (χ3n) is 33.3. The van der Waals surface area contributed by atoms with Gasteiger partial charge in [-0.15, -0.1) is 0 Å². The molecule has 0 amide bonds. The first-order chi connectivity index (χ1) is 58.2. The highest BCUT2D eigenvalue weighted by Gasteiger charge is 2.91. The fraction of sp³-hybridized carbons (Fsp3) is 1.00. The van der Waals surface area contributed by atoms with E-state index < -0.39 is 180 Å². The predicted molar refractivity (Wildman–Crippen MR) is 481 cm³/mol. The third-order valence-corrected chi connectivity index (χ3v) is 114. The Hall–Kier alpha value is 2.82. The van der Waals surface area contributed by atoms with E-state index in [1.165, 1.54) is 0 Å². The minimum Gasteiger partial charge on any atom is -0.417 e. The van der Waals surface area contributed by atoms with Crippen LogP contribution in [0, 0.1) is 0 Å². The Labute approximate surface area is 741 Å². The highest BCUT2D eigenvalue weighted by atomic mass is 28.6. The summed E-state index contributed by atoms with van der Waals surface area (Å²) in [5.41, 5.74) is -4.28. The zero-order valence-corrected chi connectivity index (χ0v) is 91.8. The Morgan fingerprint density at radius 1 is 0.165 bits per heavy atom. The van der Waals surface area contributed by atoms with E-state index >= 15 is 9.59 Å². The quantitative estimate of drug-likeness (QED) is 0.107. The molecule has 14 aliphatic carbocycles. The number of rotatable bonds is 20. The maximum atomic E-state index is 16.3. The van der Waals surface area contributed by atoms with Crippen LogP contribution in [0.3, 0.4) is 0 Å². The number of hydrogen-bond donors (Lipinski definition) is 2. The van der Waals surface area contributed by atoms with Crippen molar-refractivity contribution >= 4 is 158 Å². The standard InChI is InChI=1S/C76H146O27Si18/c1-104(2,3)79-106(63-35-7-8-36-63)81-108(65-39-11-12-40-65)85-112(69-47-19-20-48-69)86-109(82-106,66-41-13-14-42-66)92-117(74-57-29-30-58-74)96-114(89-112,71-51-23-24-52-71)95-116(91-108,73-55-27-28-56-73)99-120(77,100-117)103-121(78)101-118(75-59-31-32-60-75)93-110(67-43-15-16-44-67)83-107(80-105(4,5)6,64-37-9-10-38-64)84-111(68-45-17-18-46-68)88-113(87-110,70-49-21-22-50-70)90-115(97-118,72-53-25-26-54-72)98-119(94-111,102-121)76-61-33-34-62-76/h63-78H,7-62H2,1-6H3. The van der Waals surface area contributed by atoms with Crippen LogP contribution in [0.4, 0.5) is 0 Å². The number of fused-ring (bicyclic) bond motifs is 8. The fourth-order valence-corrected chi connectivity index (χ4v) is 140. The van der Waals surface area contributed by atoms with Gasteiger partial charge in [-0.1, -0.05) is 180 Å². The van der Waals surface area contributed by atoms with Crippen molar-refractivity contribution in [1.29, 1.82) is 0 Å². The molecule has 12 bridgehead atoms. The van der Waals surface area contributed by atoms with Crippen molar-refractivity contribution in [3.63, 3.8) is 0 Å². The summed E-state index contributed by atoms with van der Waals surface area (Å²) in [6.07, 6.45) is 46.5. The van der Waals surface area contributed by atoms with E-state index in [0.29, 0.717) is 51.4 Å². The molecule has 22 aliphatic rings. The molecule has 0 aromatic rings. The molecule has 45 heteroatoms. The maximum absolute atomic E-state index is 16.3. The van der Waals surface area contributed by atoms with Gasteiger partial charge in [-0.05, 0) is 219 Å². The zero-order chi connectivity index (χ0) is 82.4. The van der Waals surface area contributed by atoms with E-state index in [0.717, 1.165) is 308 Å². The molecule has 0 aromatic carbocycles. The molecule has 8 atom stereocenters. The van der Waals surface area contributed by atoms with Crippen molar-refractivity contribution in [1.82, 2.24) is 0 Å². The summed E-state index contributed by atoms with van der Waals surface area (Å²) in [6, 6.07) is 0. The van der Waals surface area contributed by atoms with E-state index in [1.54, 1.807) is 0 Å². The Kier molecular flexibility index (Phi) is 24.5. The minimum atomic E-state index is -6.15. The first kappa shape index (κ1) is 89.1. The normalized spacial score (nSPS) is 48.4. The SMILES string of the molecule is C[Si](C)(C)O[Si]1(C2CCCC2)O[Si]2(C3CCCC3)O[Si]3(C4CCCC4)O[Si](O)(O[Si]4(O)O[Si]5(C6CCCC6)O[Si]6(C7CCCC7)O[Si](O[Si](C)(C)C)(C7CCCC7)O[Si]7(C8CCCC8)O[Si](C8CCCC8)(O4)O[Si](C4CCCC4)(O5)O[Si](C4CCCC4)(O6)O7)O[Si]4(C5CCCC5)O[Si](C5CCCC5)(O1)O[Si](C1CCCC1)(O2)O[Si](C1CCCC1)(O3)O4. The van der Waals surface area contributed by atoms with E-state index in [2.05, 4.69) is 39.3 Å². The van der Waals surface area contributed by atoms with Gasteiger partial charge in [-0.2, -0.15) is 0 Å². The second kappa shape index (κ2) is 33.3. The van der Waals surface area contributed by atoms with Crippen LogP contribution in [0.2, 0.25) is 117 Å². The maximum Gasteiger partial charge on any atom is 0.656 e. The van der Waals surface area contributed by atoms with Crippen molar-refractivity contribution < 1.29 is 112 Å². The van der Waals surface area contributed by atoms with Crippen LogP contribution in [0.15, 0.2) is 0 Å². The lowest BCUT2D eigenvalue weighted by molar-refractivity contribution is -0.0544. The van der Waals surface area contributed by atoms with E-state index in [4.69, 9.17) is 103 Å². The molecule has 22 rings (SSSR count). The Bertz CT molecular complexity index is 3300. The summed E-state index contributed by atoms with van der Waals surface area (Å²) in [6.45, 7) is 13.7. The van der Waals surface area contributed by atoms with Gasteiger partial charge < -0.3 is 112 Å². The highest BCUT2D eigenvalue weighted by molar-refractivity contribution is 7.06. The molecule has 684 valence electrons. The van der Waals surface area contributed by atoms with Gasteiger partial charge >= 0.3 is 141 Å². The predicted octanol–water partition coefficient (Wildman–Crippen LogP) is 20.4. The van der Waals surface area contributed by atoms with Gasteiger partial charge in [0, 0.05) is 77.6 Å². The summed E-state index contributed by atoms with van der Waals surface area (Å²) in [5.74, 6) is 0. The minimum absolute atomic E-state index is 0.127. The van der Waals surface area contributed by atoms with E-state index in [9.17, 15) is 0 Å². The molecule has 0 aromatic heterocycles. The van der Waals surface area contributed by atoms with Crippen LogP contribution in [0.25, 0.3) is 0 Å². The summed E-state index contributed by atoms with van der Waals surface area (Å²) >= 11 is 0. The Morgan fingerprint density at radius 3 is 0.397 bits per heavy atom. The molecule has 0 spiro atoms. The monoisotopic (exact) mass is 1990 g/mol. The summed E-state index contributed by atoms with van der Waals surface area (Å²) in [5, 5.41) is 0. The molecular weight excluding hydrogens is 1850 g/mol. The average Bonchev–Trinajstić information content (AvgIpc) is 1.64. The third kappa shape index (κ3) is 16.0. The lowest BCUT2D eigenvalue weighted by Gasteiger charge is -2.64. The topological polar surface area (TPSA) is 271 Å². The van der Waals surface area contributed by atoms with Gasteiger partial charge in [0.2, 0.25) is 0 Å². The summed E-state index contributed by atoms with van der Waals surface area (Å²) in [4.78, 5) is 32.7. The fourth-order valence-electron chi connectivity index (χ4n) is 27.7. The van der Waals surface area contributed by atoms with Crippen molar-refractivity contribution in [3.8, 4) is 0 Å². The first-order valence-electron chi connectivity index (χ1n) is 50.1. The molecular formula is C76H146O27Si18. The van der Waals surface area contributed by atoms with Crippen LogP contribution in [-0.4, -0.2) is 168 Å². The second-order valence-corrected chi connectivity index (χ2v) is 103. The molecule has 27 nitrogen and oxygen atoms in total. The van der Waals surface area contributed by atoms with Crippen LogP contribution >= 0.6 is 0 Å². The Balaban J connectivity index is 0.815. The van der Waals surface area contributed by atoms with Crippen LogP contribution < -0.4 is 0 Å². The van der Waals surface area contributed by atoms with Gasteiger partial charge in [-0.25, -0.2) is 0 Å². The van der Waals surface area contributed by atoms with Crippen LogP contribution in [0.5, 0.6) is 0 Å². The van der Waals surface area contributed by atoms with Crippen LogP contribution in [-0.2, 0) is 103 Å². The van der Waals surface area contributed by atoms with E-state index in [-0.39, 0.29) is 55.4 Å². The average molecular weight is 2000 g/mol. The summed E-state index contributed by atoms with van der Waals surface area (Å²) < 4.78 is 221. The van der Waals surface area contributed by atoms with Crippen molar-refractivity contribution in [2.24, 2.45) is 0 Å². The lowest BCUT2D eigenvalue weighted by atomic mass is 10.4. The molecule has 22 fully saturated rings. The van der Waals surface area contributed by atoms with Gasteiger partial charge in [0.1, 0.15) is 0 Å². The van der Waals surface area contributed by atoms with Crippen molar-refractivity contribution in [3.05, 3.63) is 0 Å². The largest absolute Gasteiger partial charge is 0.656 e. The highest BCUT2D eigenvalue weighted by Crippen LogP contribution is 2.70. The summed E-state index contributed by atoms with van der Waals surface area (Å²) in [7, 11) is -83.3. The van der Waals surface area contributed by atoms with Gasteiger partial charge in [0.25, 0.3) is 0 Å². The molecule has 121 heavy (non-hydrogen) atoms. The number of hydrogen-bond acceptors (Lipinski definition) is 27. The molecule has 8 heterocycles. The Morgan fingerprint density at radius 2 is 0.273 bits per heavy atom. The molecule has 2 N–H and O–H groups in total. The molecule has 8 unspecified atom stereocenters. The molecule has 0 radical (unpaired) electrons. The first-order valence-corrected chi connectivity index (χ1v) is 85.5. The molecule has 14 saturated carbocycles. The van der Waals surface area contributed by atoms with Gasteiger partial charge in [0.05, 0.1) is 0 Å². The molecule has 8 aliphatic heterocycles. The molecule has 8 saturated heterocycles. The second-order valence-electron chi connectivity index (χ2n) is 44.0. The lowest BCUT2D eigenvalue weighted by Crippen LogP contribution is -2.89. The van der Waals surface area contributed by atoms with Crippen molar-refractivity contribution in [2.45, 2.75) is 476 Å². The van der Waals surface area contributed by atoms with Crippen LogP contribution in [0.1, 0.15) is 360 Å². The smallest absolute Gasteiger partial charge is 0.417 e. The van der Waals surface area contributed by atoms with E-state index in [1.807, 2.05) is 0 Å². The van der Waals surface area contributed by atoms with Gasteiger partial charge in [-0.3, -0.25) is 0 Å². The van der Waals surface area contributed by atoms with Crippen molar-refractivity contribution in [2.75, 3.05) is 0 Å². The van der Waals surface area contributed by atoms with Gasteiger partial charge in [0.15, 0.2) is 16.6 Å². The zero-order valence-electron chi connectivity index (χ0n) is 73.8.